The molecular weight excluding hydrogens is 206 g/mol. The predicted octanol–water partition coefficient (Wildman–Crippen LogP) is 1.03. The minimum atomic E-state index is -0.248. The maximum absolute atomic E-state index is 11.2. The number of nitrogens with two attached hydrogens (primary N) is 1. The van der Waals surface area contributed by atoms with Gasteiger partial charge in [-0.25, -0.2) is 0 Å². The van der Waals surface area contributed by atoms with E-state index in [9.17, 15) is 4.79 Å². The van der Waals surface area contributed by atoms with Crippen molar-refractivity contribution >= 4 is 11.9 Å². The van der Waals surface area contributed by atoms with Crippen molar-refractivity contribution in [3.05, 3.63) is 0 Å². The fourth-order valence-corrected chi connectivity index (χ4v) is 1.01. The Labute approximate surface area is 97.4 Å². The van der Waals surface area contributed by atoms with Crippen molar-refractivity contribution < 1.29 is 9.53 Å². The molecule has 0 aromatic heterocycles. The van der Waals surface area contributed by atoms with Crippen LogP contribution in [-0.2, 0) is 9.53 Å². The van der Waals surface area contributed by atoms with Crippen LogP contribution in [-0.4, -0.2) is 30.1 Å². The molecule has 0 unspecified atom stereocenters. The number of aliphatic imine (C=N–C) groups is 1. The molecule has 0 atom stereocenters. The molecule has 0 saturated carbocycles. The van der Waals surface area contributed by atoms with Crippen LogP contribution in [0.5, 0.6) is 0 Å². The van der Waals surface area contributed by atoms with E-state index in [-0.39, 0.29) is 24.0 Å². The maximum atomic E-state index is 11.2. The number of rotatable bonds is 4. The van der Waals surface area contributed by atoms with Crippen molar-refractivity contribution in [2.75, 3.05) is 6.54 Å². The van der Waals surface area contributed by atoms with Gasteiger partial charge in [-0.3, -0.25) is 9.79 Å². The molecule has 94 valence electrons. The lowest BCUT2D eigenvalue weighted by Crippen LogP contribution is -2.45. The van der Waals surface area contributed by atoms with Gasteiger partial charge in [0.15, 0.2) is 5.96 Å². The van der Waals surface area contributed by atoms with E-state index in [0.29, 0.717) is 12.5 Å². The van der Waals surface area contributed by atoms with Crippen LogP contribution < -0.4 is 11.1 Å². The van der Waals surface area contributed by atoms with Gasteiger partial charge in [0.25, 0.3) is 0 Å². The number of carbonyl (C=O) groups is 1. The van der Waals surface area contributed by atoms with Crippen LogP contribution >= 0.6 is 0 Å². The lowest BCUT2D eigenvalue weighted by molar-refractivity contribution is -0.147. The largest absolute Gasteiger partial charge is 0.463 e. The highest BCUT2D eigenvalue weighted by atomic mass is 16.5. The van der Waals surface area contributed by atoms with Crippen LogP contribution in [0.25, 0.3) is 0 Å². The Morgan fingerprint density at radius 3 is 2.44 bits per heavy atom. The van der Waals surface area contributed by atoms with Crippen molar-refractivity contribution in [1.29, 1.82) is 0 Å². The van der Waals surface area contributed by atoms with Crippen molar-refractivity contribution in [3.63, 3.8) is 0 Å². The maximum Gasteiger partial charge on any atom is 0.307 e. The van der Waals surface area contributed by atoms with Gasteiger partial charge in [-0.15, -0.1) is 0 Å². The summed E-state index contributed by atoms with van der Waals surface area (Å²) >= 11 is 0. The topological polar surface area (TPSA) is 76.7 Å². The number of nitrogens with zero attached hydrogens (tertiary/aromatic N) is 1. The van der Waals surface area contributed by atoms with Crippen molar-refractivity contribution in [1.82, 2.24) is 5.32 Å². The molecule has 0 aromatic carbocycles. The highest BCUT2D eigenvalue weighted by molar-refractivity contribution is 5.79. The van der Waals surface area contributed by atoms with Crippen molar-refractivity contribution in [2.45, 2.75) is 52.7 Å². The molecule has 0 aliphatic rings. The van der Waals surface area contributed by atoms with E-state index in [1.54, 1.807) is 0 Å². The minimum Gasteiger partial charge on any atom is -0.463 e. The number of nitrogens with one attached hydrogen (secondary N) is 1. The third kappa shape index (κ3) is 9.30. The lowest BCUT2D eigenvalue weighted by atomic mass is 10.1. The summed E-state index contributed by atoms with van der Waals surface area (Å²) in [6.45, 7) is 9.95. The molecule has 0 radical (unpaired) electrons. The van der Waals surface area contributed by atoms with E-state index in [1.807, 2.05) is 34.6 Å². The molecule has 3 N–H and O–H groups in total. The molecule has 0 spiro atoms. The first-order valence-corrected chi connectivity index (χ1v) is 5.48. The molecule has 5 heteroatoms. The zero-order valence-corrected chi connectivity index (χ0v) is 10.8. The van der Waals surface area contributed by atoms with E-state index in [2.05, 4.69) is 10.3 Å². The zero-order valence-electron chi connectivity index (χ0n) is 10.8. The zero-order chi connectivity index (χ0) is 12.8. The second kappa shape index (κ2) is 6.35. The number of ether oxygens (including phenoxy) is 1. The summed E-state index contributed by atoms with van der Waals surface area (Å²) in [6, 6.07) is 0. The second-order valence-electron chi connectivity index (χ2n) is 4.93. The molecule has 0 rings (SSSR count). The molecule has 5 nitrogen and oxygen atoms in total. The number of esters is 1. The molecule has 0 amide bonds. The average Bonchev–Trinajstić information content (AvgIpc) is 1.98. The lowest BCUT2D eigenvalue weighted by Gasteiger charge is -2.20. The van der Waals surface area contributed by atoms with Gasteiger partial charge in [0.2, 0.25) is 0 Å². The quantitative estimate of drug-likeness (QED) is 0.429. The Hall–Kier alpha value is -1.26. The van der Waals surface area contributed by atoms with Gasteiger partial charge in [0.05, 0.1) is 19.1 Å². The first-order chi connectivity index (χ1) is 7.20. The molecule has 0 aliphatic carbocycles. The summed E-state index contributed by atoms with van der Waals surface area (Å²) in [5, 5.41) is 3.01. The van der Waals surface area contributed by atoms with Gasteiger partial charge >= 0.3 is 5.97 Å². The SMILES string of the molecule is CC(C)OC(=O)CCN=C(N)NC(C)(C)C. The predicted molar refractivity (Wildman–Crippen MR) is 65.2 cm³/mol. The van der Waals surface area contributed by atoms with Crippen LogP contribution in [0.3, 0.4) is 0 Å². The number of hydrogen-bond donors (Lipinski definition) is 2. The van der Waals surface area contributed by atoms with Gasteiger partial charge in [0, 0.05) is 5.54 Å². The number of guanidine groups is 1. The Kier molecular flexibility index (Phi) is 5.85. The highest BCUT2D eigenvalue weighted by Crippen LogP contribution is 1.97. The first kappa shape index (κ1) is 14.7. The highest BCUT2D eigenvalue weighted by Gasteiger charge is 2.10. The molecular formula is C11H23N3O2. The van der Waals surface area contributed by atoms with Crippen molar-refractivity contribution in [3.8, 4) is 0 Å². The summed E-state index contributed by atoms with van der Waals surface area (Å²) < 4.78 is 4.96. The molecule has 0 bridgehead atoms. The molecule has 0 heterocycles. The summed E-state index contributed by atoms with van der Waals surface area (Å²) in [4.78, 5) is 15.2. The van der Waals surface area contributed by atoms with Gasteiger partial charge < -0.3 is 15.8 Å². The molecule has 0 aromatic rings. The summed E-state index contributed by atoms with van der Waals surface area (Å²) in [5.74, 6) is 0.104. The average molecular weight is 229 g/mol. The van der Waals surface area contributed by atoms with E-state index < -0.39 is 0 Å². The van der Waals surface area contributed by atoms with E-state index >= 15 is 0 Å². The third-order valence-corrected chi connectivity index (χ3v) is 1.47. The molecule has 0 aliphatic heterocycles. The smallest absolute Gasteiger partial charge is 0.307 e. The summed E-state index contributed by atoms with van der Waals surface area (Å²) in [5.41, 5.74) is 5.52. The fraction of sp³-hybridized carbons (Fsp3) is 0.818. The Morgan fingerprint density at radius 1 is 1.44 bits per heavy atom. The van der Waals surface area contributed by atoms with Crippen LogP contribution in [0, 0.1) is 0 Å². The van der Waals surface area contributed by atoms with E-state index in [4.69, 9.17) is 10.5 Å². The first-order valence-electron chi connectivity index (χ1n) is 5.48. The molecule has 0 fully saturated rings. The molecule has 0 saturated heterocycles. The summed E-state index contributed by atoms with van der Waals surface area (Å²) in [7, 11) is 0. The second-order valence-corrected chi connectivity index (χ2v) is 4.93. The van der Waals surface area contributed by atoms with Crippen LogP contribution in [0.15, 0.2) is 4.99 Å². The Morgan fingerprint density at radius 2 is 2.00 bits per heavy atom. The van der Waals surface area contributed by atoms with E-state index in [0.717, 1.165) is 0 Å². The number of hydrogen-bond acceptors (Lipinski definition) is 3. The van der Waals surface area contributed by atoms with Gasteiger partial charge in [-0.1, -0.05) is 0 Å². The monoisotopic (exact) mass is 229 g/mol. The Bertz CT molecular complexity index is 254. The number of carbonyl (C=O) groups excluding carboxylic acids is 1. The molecule has 16 heavy (non-hydrogen) atoms. The van der Waals surface area contributed by atoms with Crippen molar-refractivity contribution in [2.24, 2.45) is 10.7 Å². The summed E-state index contributed by atoms with van der Waals surface area (Å²) in [6.07, 6.45) is 0.173. The van der Waals surface area contributed by atoms with Crippen LogP contribution in [0.4, 0.5) is 0 Å². The van der Waals surface area contributed by atoms with Crippen LogP contribution in [0.1, 0.15) is 41.0 Å². The van der Waals surface area contributed by atoms with Gasteiger partial charge in [0.1, 0.15) is 0 Å². The van der Waals surface area contributed by atoms with Gasteiger partial charge in [-0.2, -0.15) is 0 Å². The standard InChI is InChI=1S/C11H23N3O2/c1-8(2)16-9(15)6-7-13-10(12)14-11(3,4)5/h8H,6-7H2,1-5H3,(H3,12,13,14). The third-order valence-electron chi connectivity index (χ3n) is 1.47. The van der Waals surface area contributed by atoms with Gasteiger partial charge in [-0.05, 0) is 34.6 Å². The normalized spacial score (nSPS) is 12.8. The van der Waals surface area contributed by atoms with Crippen LogP contribution in [0.2, 0.25) is 0 Å². The minimum absolute atomic E-state index is 0.0819. The fourth-order valence-electron chi connectivity index (χ4n) is 1.01. The Balaban J connectivity index is 3.87. The van der Waals surface area contributed by atoms with E-state index in [1.165, 1.54) is 0 Å².